The molecule has 1 saturated carbocycles. The molecule has 2 aromatic rings. The van der Waals surface area contributed by atoms with E-state index in [9.17, 15) is 5.11 Å². The lowest BCUT2D eigenvalue weighted by Crippen LogP contribution is -2.42. The zero-order valence-electron chi connectivity index (χ0n) is 18.6. The van der Waals surface area contributed by atoms with Crippen molar-refractivity contribution in [1.82, 2.24) is 10.1 Å². The van der Waals surface area contributed by atoms with Crippen molar-refractivity contribution < 1.29 is 19.1 Å². The minimum Gasteiger partial charge on any atom is -0.493 e. The van der Waals surface area contributed by atoms with Crippen molar-refractivity contribution in [2.45, 2.75) is 58.7 Å². The van der Waals surface area contributed by atoms with Crippen molar-refractivity contribution in [3.8, 4) is 11.5 Å². The van der Waals surface area contributed by atoms with E-state index in [1.54, 1.807) is 7.11 Å². The molecule has 6 heteroatoms. The van der Waals surface area contributed by atoms with Crippen LogP contribution in [0.4, 0.5) is 0 Å². The molecule has 6 nitrogen and oxygen atoms in total. The van der Waals surface area contributed by atoms with Crippen LogP contribution < -0.4 is 9.47 Å². The topological polar surface area (TPSA) is 68.0 Å². The molecule has 2 fully saturated rings. The summed E-state index contributed by atoms with van der Waals surface area (Å²) in [6, 6.07) is 6.07. The first-order valence-electron chi connectivity index (χ1n) is 11.1. The molecule has 0 unspecified atom stereocenters. The molecule has 2 heterocycles. The SMILES string of the molecule is CCc1ccc(O[C@@H]2C[C@@H]3CN(CCc4c(C)noc4C)C[C@@H]3C[C@H]2O)c(OC)c1. The lowest BCUT2D eigenvalue weighted by molar-refractivity contribution is -0.0240. The number of fused-ring (bicyclic) bond motifs is 1. The van der Waals surface area contributed by atoms with Gasteiger partial charge in [0.25, 0.3) is 0 Å². The molecule has 0 radical (unpaired) electrons. The number of methoxy groups -OCH3 is 1. The minimum absolute atomic E-state index is 0.185. The van der Waals surface area contributed by atoms with Crippen molar-refractivity contribution in [2.24, 2.45) is 11.8 Å². The van der Waals surface area contributed by atoms with Gasteiger partial charge >= 0.3 is 0 Å². The Balaban J connectivity index is 1.36. The largest absolute Gasteiger partial charge is 0.493 e. The van der Waals surface area contributed by atoms with Gasteiger partial charge in [-0.05, 0) is 69.1 Å². The van der Waals surface area contributed by atoms with Crippen molar-refractivity contribution in [2.75, 3.05) is 26.7 Å². The third-order valence-corrected chi connectivity index (χ3v) is 6.93. The molecule has 164 valence electrons. The normalized spacial score (nSPS) is 26.6. The third-order valence-electron chi connectivity index (χ3n) is 6.93. The van der Waals surface area contributed by atoms with Crippen LogP contribution >= 0.6 is 0 Å². The van der Waals surface area contributed by atoms with E-state index in [0.29, 0.717) is 11.8 Å². The van der Waals surface area contributed by atoms with Crippen LogP contribution in [-0.4, -0.2) is 54.1 Å². The van der Waals surface area contributed by atoms with Gasteiger partial charge in [-0.2, -0.15) is 0 Å². The zero-order valence-corrected chi connectivity index (χ0v) is 18.6. The molecule has 1 aliphatic carbocycles. The summed E-state index contributed by atoms with van der Waals surface area (Å²) in [5.74, 6) is 3.50. The Morgan fingerprint density at radius 2 is 1.93 bits per heavy atom. The van der Waals surface area contributed by atoms with Crippen LogP contribution in [0, 0.1) is 25.7 Å². The molecular formula is C24H34N2O4. The van der Waals surface area contributed by atoms with E-state index in [0.717, 1.165) is 68.3 Å². The third kappa shape index (κ3) is 4.35. The Kier molecular flexibility index (Phi) is 6.34. The number of hydrogen-bond acceptors (Lipinski definition) is 6. The van der Waals surface area contributed by atoms with Crippen molar-refractivity contribution in [3.63, 3.8) is 0 Å². The number of aliphatic hydroxyl groups excluding tert-OH is 1. The zero-order chi connectivity index (χ0) is 21.3. The second-order valence-electron chi connectivity index (χ2n) is 8.87. The monoisotopic (exact) mass is 414 g/mol. The van der Waals surface area contributed by atoms with Crippen molar-refractivity contribution >= 4 is 0 Å². The van der Waals surface area contributed by atoms with Crippen LogP contribution in [0.5, 0.6) is 11.5 Å². The van der Waals surface area contributed by atoms with E-state index in [4.69, 9.17) is 14.0 Å². The van der Waals surface area contributed by atoms with Gasteiger partial charge in [0.15, 0.2) is 11.5 Å². The average molecular weight is 415 g/mol. The summed E-state index contributed by atoms with van der Waals surface area (Å²) in [6.07, 6.45) is 2.97. The summed E-state index contributed by atoms with van der Waals surface area (Å²) in [4.78, 5) is 2.52. The molecule has 2 aliphatic rings. The summed E-state index contributed by atoms with van der Waals surface area (Å²) in [5.41, 5.74) is 3.44. The Morgan fingerprint density at radius 3 is 2.60 bits per heavy atom. The Labute approximate surface area is 179 Å². The predicted octanol–water partition coefficient (Wildman–Crippen LogP) is 3.56. The molecule has 1 aromatic carbocycles. The minimum atomic E-state index is -0.440. The number of hydrogen-bond donors (Lipinski definition) is 1. The van der Waals surface area contributed by atoms with Gasteiger partial charge in [-0.15, -0.1) is 0 Å². The Bertz CT molecular complexity index is 845. The predicted molar refractivity (Wildman–Crippen MR) is 115 cm³/mol. The molecule has 1 saturated heterocycles. The molecule has 0 amide bonds. The molecule has 1 aliphatic heterocycles. The summed E-state index contributed by atoms with van der Waals surface area (Å²) < 4.78 is 17.1. The standard InChI is InChI=1S/C24H34N2O4/c1-5-17-6-7-22(24(10-17)28-4)29-23-12-19-14-26(13-18(19)11-21(23)27)9-8-20-15(2)25-30-16(20)3/h6-7,10,18-19,21,23,27H,5,8-9,11-14H2,1-4H3/t18-,19+,21+,23+/m0/s1. The molecule has 4 atom stereocenters. The highest BCUT2D eigenvalue weighted by molar-refractivity contribution is 5.43. The molecule has 0 bridgehead atoms. The average Bonchev–Trinajstić information content (AvgIpc) is 3.28. The highest BCUT2D eigenvalue weighted by Gasteiger charge is 2.42. The van der Waals surface area contributed by atoms with Gasteiger partial charge in [-0.1, -0.05) is 18.1 Å². The second-order valence-corrected chi connectivity index (χ2v) is 8.87. The number of rotatable bonds is 7. The van der Waals surface area contributed by atoms with Gasteiger partial charge in [-0.3, -0.25) is 0 Å². The van der Waals surface area contributed by atoms with Crippen LogP contribution in [0.3, 0.4) is 0 Å². The van der Waals surface area contributed by atoms with Crippen LogP contribution in [0.25, 0.3) is 0 Å². The molecule has 1 aromatic heterocycles. The smallest absolute Gasteiger partial charge is 0.161 e. The Hall–Kier alpha value is -2.05. The van der Waals surface area contributed by atoms with Gasteiger partial charge in [0.2, 0.25) is 0 Å². The summed E-state index contributed by atoms with van der Waals surface area (Å²) in [7, 11) is 1.67. The van der Waals surface area contributed by atoms with E-state index in [1.807, 2.05) is 26.0 Å². The molecule has 30 heavy (non-hydrogen) atoms. The number of nitrogens with zero attached hydrogens (tertiary/aromatic N) is 2. The van der Waals surface area contributed by atoms with Gasteiger partial charge in [0.05, 0.1) is 18.9 Å². The first-order chi connectivity index (χ1) is 14.5. The Morgan fingerprint density at radius 1 is 1.17 bits per heavy atom. The van der Waals surface area contributed by atoms with Gasteiger partial charge < -0.3 is 24.0 Å². The second kappa shape index (κ2) is 8.98. The van der Waals surface area contributed by atoms with E-state index in [1.165, 1.54) is 11.1 Å². The summed E-state index contributed by atoms with van der Waals surface area (Å²) in [6.45, 7) is 9.23. The number of aliphatic hydroxyl groups is 1. The first-order valence-corrected chi connectivity index (χ1v) is 11.1. The number of aromatic nitrogens is 1. The fourth-order valence-corrected chi connectivity index (χ4v) is 5.12. The number of benzene rings is 1. The van der Waals surface area contributed by atoms with E-state index >= 15 is 0 Å². The van der Waals surface area contributed by atoms with E-state index in [-0.39, 0.29) is 6.10 Å². The van der Waals surface area contributed by atoms with Crippen LogP contribution in [-0.2, 0) is 12.8 Å². The summed E-state index contributed by atoms with van der Waals surface area (Å²) >= 11 is 0. The number of likely N-dealkylation sites (tertiary alicyclic amines) is 1. The highest BCUT2D eigenvalue weighted by atomic mass is 16.5. The van der Waals surface area contributed by atoms with Crippen LogP contribution in [0.2, 0.25) is 0 Å². The lowest BCUT2D eigenvalue weighted by Gasteiger charge is -2.35. The maximum Gasteiger partial charge on any atom is 0.161 e. The fraction of sp³-hybridized carbons (Fsp3) is 0.625. The summed E-state index contributed by atoms with van der Waals surface area (Å²) in [5, 5.41) is 14.8. The van der Waals surface area contributed by atoms with Gasteiger partial charge in [0, 0.05) is 25.2 Å². The van der Waals surface area contributed by atoms with E-state index < -0.39 is 6.10 Å². The van der Waals surface area contributed by atoms with Crippen LogP contribution in [0.1, 0.15) is 42.3 Å². The van der Waals surface area contributed by atoms with E-state index in [2.05, 4.69) is 23.0 Å². The van der Waals surface area contributed by atoms with Crippen molar-refractivity contribution in [3.05, 3.63) is 40.8 Å². The number of ether oxygens (including phenoxy) is 2. The molecular weight excluding hydrogens is 380 g/mol. The molecule has 0 spiro atoms. The molecule has 4 rings (SSSR count). The number of aryl methyl sites for hydroxylation is 3. The van der Waals surface area contributed by atoms with Gasteiger partial charge in [0.1, 0.15) is 11.9 Å². The van der Waals surface area contributed by atoms with Crippen LogP contribution in [0.15, 0.2) is 22.7 Å². The highest BCUT2D eigenvalue weighted by Crippen LogP contribution is 2.39. The lowest BCUT2D eigenvalue weighted by atomic mass is 9.78. The quantitative estimate of drug-likeness (QED) is 0.747. The molecule has 1 N–H and O–H groups in total. The maximum atomic E-state index is 10.8. The van der Waals surface area contributed by atoms with Gasteiger partial charge in [-0.25, -0.2) is 0 Å². The first kappa shape index (κ1) is 21.2. The maximum absolute atomic E-state index is 10.8. The fourth-order valence-electron chi connectivity index (χ4n) is 5.12. The van der Waals surface area contributed by atoms with Crippen molar-refractivity contribution in [1.29, 1.82) is 0 Å².